The summed E-state index contributed by atoms with van der Waals surface area (Å²) in [4.78, 5) is 53.7. The second-order valence-corrected chi connectivity index (χ2v) is 13.0. The van der Waals surface area contributed by atoms with Crippen LogP contribution in [-0.2, 0) is 27.0 Å². The van der Waals surface area contributed by atoms with Crippen LogP contribution < -0.4 is 14.7 Å². The van der Waals surface area contributed by atoms with Crippen molar-refractivity contribution in [1.29, 1.82) is 0 Å². The van der Waals surface area contributed by atoms with Gasteiger partial charge in [-0.3, -0.25) is 14.5 Å². The highest BCUT2D eigenvalue weighted by molar-refractivity contribution is 6.10. The molecule has 12 nitrogen and oxygen atoms in total. The summed E-state index contributed by atoms with van der Waals surface area (Å²) in [6.07, 6.45) is -5.34. The van der Waals surface area contributed by atoms with Gasteiger partial charge in [0.2, 0.25) is 17.7 Å². The van der Waals surface area contributed by atoms with Gasteiger partial charge in [-0.1, -0.05) is 11.2 Å². The first kappa shape index (κ1) is 32.2. The third kappa shape index (κ3) is 6.20. The van der Waals surface area contributed by atoms with Crippen molar-refractivity contribution >= 4 is 35.1 Å². The van der Waals surface area contributed by atoms with E-state index in [1.807, 2.05) is 0 Å². The van der Waals surface area contributed by atoms with Crippen LogP contribution in [0.4, 0.5) is 39.5 Å². The number of nitrogens with zero attached hydrogens (tertiary/aromatic N) is 7. The zero-order valence-electron chi connectivity index (χ0n) is 26.3. The number of carbonyl (C=O) groups excluding carboxylic acids is 3. The summed E-state index contributed by atoms with van der Waals surface area (Å²) in [5.41, 5.74) is -1.34. The van der Waals surface area contributed by atoms with Gasteiger partial charge in [0.15, 0.2) is 5.82 Å². The standard InChI is InChI=1S/C31H33F4N7O5/c1-16-9-19(31(33,34)35)11-23(36-16)42-24(43)10-17-12-40(26-20(32)7-6-8-21(26)39(5)28(44)25(17)42)15-22-37-27(47-38-22)18-13-41(14-18)29(45)46-30(2,3)4/h6-9,11,17-18,25H,10,12-15H2,1-5H3/t17-,25+/m1/s1. The van der Waals surface area contributed by atoms with E-state index in [9.17, 15) is 27.6 Å². The van der Waals surface area contributed by atoms with Crippen LogP contribution in [0, 0.1) is 18.7 Å². The number of alkyl halides is 3. The number of carbonyl (C=O) groups is 3. The van der Waals surface area contributed by atoms with Gasteiger partial charge < -0.3 is 24.0 Å². The number of aromatic nitrogens is 3. The van der Waals surface area contributed by atoms with Crippen LogP contribution in [-0.4, -0.2) is 76.3 Å². The molecular formula is C31H33F4N7O5. The molecule has 250 valence electrons. The molecule has 0 saturated carbocycles. The minimum Gasteiger partial charge on any atom is -0.444 e. The van der Waals surface area contributed by atoms with Crippen LogP contribution in [0.5, 0.6) is 0 Å². The molecule has 0 unspecified atom stereocenters. The van der Waals surface area contributed by atoms with Crippen LogP contribution >= 0.6 is 0 Å². The summed E-state index contributed by atoms with van der Waals surface area (Å²) >= 11 is 0. The zero-order valence-corrected chi connectivity index (χ0v) is 26.3. The Morgan fingerprint density at radius 1 is 1.09 bits per heavy atom. The largest absolute Gasteiger partial charge is 0.444 e. The van der Waals surface area contributed by atoms with E-state index >= 15 is 4.39 Å². The SMILES string of the molecule is Cc1cc(C(F)(F)F)cc(N2C(=O)C[C@@H]3CN(Cc4noc(C5CN(C(=O)OC(C)(C)C)C5)n4)c4c(F)cccc4N(C)C(=O)[C@H]32)n1. The lowest BCUT2D eigenvalue weighted by Gasteiger charge is -2.38. The van der Waals surface area contributed by atoms with Crippen LogP contribution in [0.3, 0.4) is 0 Å². The number of likely N-dealkylation sites (tertiary alicyclic amines) is 1. The number of pyridine rings is 1. The Morgan fingerprint density at radius 2 is 1.81 bits per heavy atom. The Hall–Kier alpha value is -4.76. The Kier molecular flexibility index (Phi) is 7.87. The summed E-state index contributed by atoms with van der Waals surface area (Å²) in [6, 6.07) is 4.63. The highest BCUT2D eigenvalue weighted by Crippen LogP contribution is 2.42. The number of aryl methyl sites for hydroxylation is 1. The number of halogens is 4. The van der Waals surface area contributed by atoms with Gasteiger partial charge in [0.25, 0.3) is 0 Å². The van der Waals surface area contributed by atoms with Gasteiger partial charge in [-0.25, -0.2) is 14.2 Å². The molecule has 5 heterocycles. The van der Waals surface area contributed by atoms with Crippen molar-refractivity contribution in [2.75, 3.05) is 41.4 Å². The normalized spacial score (nSPS) is 20.5. The summed E-state index contributed by atoms with van der Waals surface area (Å²) in [6.45, 7) is 7.23. The first-order valence-electron chi connectivity index (χ1n) is 15.0. The molecular weight excluding hydrogens is 626 g/mol. The lowest BCUT2D eigenvalue weighted by molar-refractivity contribution is -0.137. The second kappa shape index (κ2) is 11.5. The van der Waals surface area contributed by atoms with Gasteiger partial charge in [0.05, 0.1) is 29.4 Å². The molecule has 0 N–H and O–H groups in total. The maximum Gasteiger partial charge on any atom is 0.416 e. The number of rotatable bonds is 4. The first-order chi connectivity index (χ1) is 22.0. The molecule has 0 radical (unpaired) electrons. The van der Waals surface area contributed by atoms with Crippen LogP contribution in [0.25, 0.3) is 0 Å². The third-order valence-corrected chi connectivity index (χ3v) is 8.32. The maximum atomic E-state index is 15.5. The van der Waals surface area contributed by atoms with Gasteiger partial charge in [0.1, 0.15) is 23.3 Å². The molecule has 2 aromatic heterocycles. The fraction of sp³-hybridized carbons (Fsp3) is 0.484. The summed E-state index contributed by atoms with van der Waals surface area (Å²) < 4.78 is 67.5. The summed E-state index contributed by atoms with van der Waals surface area (Å²) in [5.74, 6) is -2.57. The van der Waals surface area contributed by atoms with Crippen LogP contribution in [0.2, 0.25) is 0 Å². The Labute approximate surface area is 267 Å². The quantitative estimate of drug-likeness (QED) is 0.368. The predicted octanol–water partition coefficient (Wildman–Crippen LogP) is 4.67. The van der Waals surface area contributed by atoms with Crippen molar-refractivity contribution in [3.8, 4) is 0 Å². The van der Waals surface area contributed by atoms with Crippen molar-refractivity contribution in [3.63, 3.8) is 0 Å². The van der Waals surface area contributed by atoms with Gasteiger partial charge >= 0.3 is 12.3 Å². The van der Waals surface area contributed by atoms with Crippen molar-refractivity contribution < 1.29 is 41.2 Å². The molecule has 3 amide bonds. The molecule has 1 aromatic carbocycles. The number of para-hydroxylation sites is 1. The van der Waals surface area contributed by atoms with Gasteiger partial charge in [-0.05, 0) is 52.0 Å². The Morgan fingerprint density at radius 3 is 2.49 bits per heavy atom. The molecule has 3 aliphatic heterocycles. The van der Waals surface area contributed by atoms with Crippen molar-refractivity contribution in [1.82, 2.24) is 20.0 Å². The van der Waals surface area contributed by atoms with E-state index < -0.39 is 53.0 Å². The molecule has 2 saturated heterocycles. The van der Waals surface area contributed by atoms with Crippen molar-refractivity contribution in [2.24, 2.45) is 5.92 Å². The van der Waals surface area contributed by atoms with Crippen LogP contribution in [0.1, 0.15) is 56.1 Å². The lowest BCUT2D eigenvalue weighted by Crippen LogP contribution is -2.52. The number of likely N-dealkylation sites (N-methyl/N-ethyl adjacent to an activating group) is 1. The zero-order chi connectivity index (χ0) is 34.0. The molecule has 2 atom stereocenters. The molecule has 3 aromatic rings. The number of ether oxygens (including phenoxy) is 1. The molecule has 6 rings (SSSR count). The number of amides is 3. The number of benzene rings is 1. The van der Waals surface area contributed by atoms with E-state index in [2.05, 4.69) is 15.1 Å². The molecule has 16 heteroatoms. The van der Waals surface area contributed by atoms with E-state index in [1.54, 1.807) is 31.7 Å². The van der Waals surface area contributed by atoms with E-state index in [1.165, 1.54) is 35.9 Å². The monoisotopic (exact) mass is 659 g/mol. The minimum atomic E-state index is -4.70. The van der Waals surface area contributed by atoms with Crippen molar-refractivity contribution in [2.45, 2.75) is 64.4 Å². The van der Waals surface area contributed by atoms with E-state index in [0.717, 1.165) is 17.0 Å². The number of hydrogen-bond acceptors (Lipinski definition) is 9. The van der Waals surface area contributed by atoms with Gasteiger partial charge in [-0.2, -0.15) is 18.2 Å². The topological polar surface area (TPSA) is 125 Å². The van der Waals surface area contributed by atoms with Gasteiger partial charge in [-0.15, -0.1) is 0 Å². The van der Waals surface area contributed by atoms with E-state index in [-0.39, 0.29) is 54.1 Å². The number of anilines is 3. The molecule has 0 spiro atoms. The fourth-order valence-corrected chi connectivity index (χ4v) is 6.19. The van der Waals surface area contributed by atoms with E-state index in [4.69, 9.17) is 9.26 Å². The smallest absolute Gasteiger partial charge is 0.416 e. The Bertz CT molecular complexity index is 1730. The molecule has 3 aliphatic rings. The predicted molar refractivity (Wildman–Crippen MR) is 159 cm³/mol. The third-order valence-electron chi connectivity index (χ3n) is 8.32. The minimum absolute atomic E-state index is 0.0281. The van der Waals surface area contributed by atoms with Crippen LogP contribution in [0.15, 0.2) is 34.9 Å². The molecule has 47 heavy (non-hydrogen) atoms. The van der Waals surface area contributed by atoms with Gasteiger partial charge in [0, 0.05) is 44.7 Å². The fourth-order valence-electron chi connectivity index (χ4n) is 6.19. The second-order valence-electron chi connectivity index (χ2n) is 13.0. The lowest BCUT2D eigenvalue weighted by atomic mass is 9.95. The Balaban J connectivity index is 1.29. The number of hydrogen-bond donors (Lipinski definition) is 0. The van der Waals surface area contributed by atoms with E-state index in [0.29, 0.717) is 19.0 Å². The number of fused-ring (bicyclic) bond motifs is 2. The molecule has 0 aliphatic carbocycles. The summed E-state index contributed by atoms with van der Waals surface area (Å²) in [7, 11) is 1.42. The maximum absolute atomic E-state index is 15.5. The highest BCUT2D eigenvalue weighted by Gasteiger charge is 2.50. The first-order valence-corrected chi connectivity index (χ1v) is 15.0. The molecule has 2 fully saturated rings. The average Bonchev–Trinajstić information content (AvgIpc) is 3.52. The summed E-state index contributed by atoms with van der Waals surface area (Å²) in [5, 5.41) is 4.08. The molecule has 0 bridgehead atoms. The average molecular weight is 660 g/mol. The highest BCUT2D eigenvalue weighted by atomic mass is 19.4. The van der Waals surface area contributed by atoms with Crippen molar-refractivity contribution in [3.05, 3.63) is 59.1 Å².